The summed E-state index contributed by atoms with van der Waals surface area (Å²) in [6.07, 6.45) is 0. The Balaban J connectivity index is 1.69. The summed E-state index contributed by atoms with van der Waals surface area (Å²) >= 11 is 0. The van der Waals surface area contributed by atoms with E-state index >= 15 is 0 Å². The zero-order valence-corrected chi connectivity index (χ0v) is 15.3. The lowest BCUT2D eigenvalue weighted by Gasteiger charge is -2.31. The predicted octanol–water partition coefficient (Wildman–Crippen LogP) is 0.831. The molecule has 1 fully saturated rings. The third-order valence-corrected chi connectivity index (χ3v) is 5.87. The van der Waals surface area contributed by atoms with Crippen LogP contribution in [0.2, 0.25) is 0 Å². The van der Waals surface area contributed by atoms with E-state index in [1.807, 2.05) is 24.3 Å². The minimum absolute atomic E-state index is 0.208. The molecule has 0 aromatic heterocycles. The third kappa shape index (κ3) is 4.24. The van der Waals surface area contributed by atoms with Crippen LogP contribution in [0.25, 0.3) is 0 Å². The molecule has 0 aliphatic carbocycles. The van der Waals surface area contributed by atoms with Crippen molar-refractivity contribution in [1.29, 1.82) is 0 Å². The normalized spacial score (nSPS) is 15.8. The lowest BCUT2D eigenvalue weighted by Crippen LogP contribution is -3.12. The fourth-order valence-electron chi connectivity index (χ4n) is 2.86. The number of benzene rings is 2. The maximum absolute atomic E-state index is 12.5. The van der Waals surface area contributed by atoms with Crippen LogP contribution in [0.5, 0.6) is 5.75 Å². The van der Waals surface area contributed by atoms with Crippen molar-refractivity contribution < 1.29 is 18.1 Å². The Labute approximate surface area is 149 Å². The summed E-state index contributed by atoms with van der Waals surface area (Å²) in [6, 6.07) is 13.9. The Morgan fingerprint density at radius 2 is 1.60 bits per heavy atom. The van der Waals surface area contributed by atoms with Gasteiger partial charge in [-0.3, -0.25) is 4.72 Å². The van der Waals surface area contributed by atoms with E-state index in [2.05, 4.69) is 16.7 Å². The molecule has 1 aliphatic rings. The maximum Gasteiger partial charge on any atom is 0.261 e. The fourth-order valence-corrected chi connectivity index (χ4v) is 3.91. The molecule has 0 saturated carbocycles. The van der Waals surface area contributed by atoms with Gasteiger partial charge in [0.2, 0.25) is 0 Å². The van der Waals surface area contributed by atoms with Gasteiger partial charge in [0, 0.05) is 11.4 Å². The zero-order chi connectivity index (χ0) is 17.9. The zero-order valence-electron chi connectivity index (χ0n) is 14.5. The summed E-state index contributed by atoms with van der Waals surface area (Å²) in [5.41, 5.74) is 1.68. The van der Waals surface area contributed by atoms with Crippen molar-refractivity contribution in [3.63, 3.8) is 0 Å². The van der Waals surface area contributed by atoms with Gasteiger partial charge in [0.1, 0.15) is 5.75 Å². The second kappa shape index (κ2) is 7.33. The summed E-state index contributed by atoms with van der Waals surface area (Å²) < 4.78 is 32.6. The highest BCUT2D eigenvalue weighted by molar-refractivity contribution is 7.92. The molecular formula is C18H24N3O3S+. The molecule has 1 saturated heterocycles. The van der Waals surface area contributed by atoms with Gasteiger partial charge in [0.05, 0.1) is 45.2 Å². The molecule has 0 bridgehead atoms. The smallest absolute Gasteiger partial charge is 0.261 e. The van der Waals surface area contributed by atoms with Gasteiger partial charge in [-0.2, -0.15) is 0 Å². The SMILES string of the molecule is COc1ccc(S(=O)(=O)Nc2ccc(N3CC[NH+](C)CC3)cc2)cc1. The molecule has 0 amide bonds. The van der Waals surface area contributed by atoms with Crippen molar-refractivity contribution in [2.75, 3.05) is 50.0 Å². The monoisotopic (exact) mass is 362 g/mol. The number of piperazine rings is 1. The van der Waals surface area contributed by atoms with Crippen molar-refractivity contribution in [2.24, 2.45) is 0 Å². The van der Waals surface area contributed by atoms with E-state index in [-0.39, 0.29) is 4.90 Å². The van der Waals surface area contributed by atoms with Crippen LogP contribution in [0.3, 0.4) is 0 Å². The number of likely N-dealkylation sites (N-methyl/N-ethyl adjacent to an activating group) is 1. The number of ether oxygens (including phenoxy) is 1. The first-order valence-corrected chi connectivity index (χ1v) is 9.79. The fraction of sp³-hybridized carbons (Fsp3) is 0.333. The summed E-state index contributed by atoms with van der Waals surface area (Å²) in [4.78, 5) is 4.08. The van der Waals surface area contributed by atoms with E-state index in [0.717, 1.165) is 31.9 Å². The summed E-state index contributed by atoms with van der Waals surface area (Å²) in [7, 11) is 0.144. The average Bonchev–Trinajstić information content (AvgIpc) is 2.63. The van der Waals surface area contributed by atoms with Gasteiger partial charge in [-0.05, 0) is 48.5 Å². The Morgan fingerprint density at radius 1 is 1.00 bits per heavy atom. The second-order valence-electron chi connectivity index (χ2n) is 6.27. The lowest BCUT2D eigenvalue weighted by molar-refractivity contribution is -0.880. The minimum atomic E-state index is -3.61. The number of rotatable bonds is 5. The Kier molecular flexibility index (Phi) is 5.15. The van der Waals surface area contributed by atoms with Crippen molar-refractivity contribution in [1.82, 2.24) is 0 Å². The van der Waals surface area contributed by atoms with Gasteiger partial charge in [-0.1, -0.05) is 0 Å². The largest absolute Gasteiger partial charge is 0.497 e. The number of nitrogens with zero attached hydrogens (tertiary/aromatic N) is 1. The third-order valence-electron chi connectivity index (χ3n) is 4.47. The van der Waals surface area contributed by atoms with Crippen molar-refractivity contribution in [2.45, 2.75) is 4.90 Å². The molecule has 1 aliphatic heterocycles. The molecule has 0 spiro atoms. The van der Waals surface area contributed by atoms with Gasteiger partial charge in [0.15, 0.2) is 0 Å². The van der Waals surface area contributed by atoms with E-state index in [4.69, 9.17) is 4.74 Å². The van der Waals surface area contributed by atoms with Crippen LogP contribution in [0.15, 0.2) is 53.4 Å². The van der Waals surface area contributed by atoms with E-state index < -0.39 is 10.0 Å². The van der Waals surface area contributed by atoms with Crippen LogP contribution in [0.4, 0.5) is 11.4 Å². The molecule has 2 aromatic carbocycles. The number of hydrogen-bond acceptors (Lipinski definition) is 4. The highest BCUT2D eigenvalue weighted by atomic mass is 32.2. The number of sulfonamides is 1. The summed E-state index contributed by atoms with van der Waals surface area (Å²) in [5, 5.41) is 0. The number of anilines is 2. The van der Waals surface area contributed by atoms with Crippen molar-refractivity contribution in [3.8, 4) is 5.75 Å². The Bertz CT molecular complexity index is 796. The number of methoxy groups -OCH3 is 1. The first-order valence-electron chi connectivity index (χ1n) is 8.31. The van der Waals surface area contributed by atoms with Crippen LogP contribution < -0.4 is 19.3 Å². The summed E-state index contributed by atoms with van der Waals surface area (Å²) in [5.74, 6) is 0.623. The molecule has 0 radical (unpaired) electrons. The van der Waals surface area contributed by atoms with Gasteiger partial charge in [-0.15, -0.1) is 0 Å². The minimum Gasteiger partial charge on any atom is -0.497 e. The highest BCUT2D eigenvalue weighted by Gasteiger charge is 2.18. The van der Waals surface area contributed by atoms with E-state index in [0.29, 0.717) is 11.4 Å². The molecule has 2 N–H and O–H groups in total. The van der Waals surface area contributed by atoms with Crippen LogP contribution in [-0.4, -0.2) is 48.8 Å². The average molecular weight is 362 g/mol. The lowest BCUT2D eigenvalue weighted by atomic mass is 10.2. The van der Waals surface area contributed by atoms with Gasteiger partial charge in [0.25, 0.3) is 10.0 Å². The van der Waals surface area contributed by atoms with E-state index in [1.165, 1.54) is 12.1 Å². The summed E-state index contributed by atoms with van der Waals surface area (Å²) in [6.45, 7) is 4.27. The Morgan fingerprint density at radius 3 is 2.16 bits per heavy atom. The van der Waals surface area contributed by atoms with Gasteiger partial charge < -0.3 is 14.5 Å². The van der Waals surface area contributed by atoms with Gasteiger partial charge in [-0.25, -0.2) is 8.42 Å². The molecule has 7 heteroatoms. The number of nitrogens with one attached hydrogen (secondary N) is 2. The van der Waals surface area contributed by atoms with E-state index in [1.54, 1.807) is 24.1 Å². The number of hydrogen-bond donors (Lipinski definition) is 2. The van der Waals surface area contributed by atoms with Crippen LogP contribution >= 0.6 is 0 Å². The molecule has 25 heavy (non-hydrogen) atoms. The molecule has 3 rings (SSSR count). The molecule has 1 heterocycles. The maximum atomic E-state index is 12.5. The first kappa shape index (κ1) is 17.6. The molecule has 0 unspecified atom stereocenters. The van der Waals surface area contributed by atoms with E-state index in [9.17, 15) is 8.42 Å². The van der Waals surface area contributed by atoms with Crippen LogP contribution in [0.1, 0.15) is 0 Å². The van der Waals surface area contributed by atoms with Crippen LogP contribution in [-0.2, 0) is 10.0 Å². The predicted molar refractivity (Wildman–Crippen MR) is 99.1 cm³/mol. The topological polar surface area (TPSA) is 63.1 Å². The standard InChI is InChI=1S/C18H23N3O3S/c1-20-11-13-21(14-12-20)16-5-3-15(4-6-16)19-25(22,23)18-9-7-17(24-2)8-10-18/h3-10,19H,11-14H2,1-2H3/p+1. The quantitative estimate of drug-likeness (QED) is 0.827. The highest BCUT2D eigenvalue weighted by Crippen LogP contribution is 2.22. The van der Waals surface area contributed by atoms with Gasteiger partial charge >= 0.3 is 0 Å². The molecule has 0 atom stereocenters. The number of quaternary nitrogens is 1. The van der Waals surface area contributed by atoms with Crippen LogP contribution in [0, 0.1) is 0 Å². The molecular weight excluding hydrogens is 338 g/mol. The second-order valence-corrected chi connectivity index (χ2v) is 7.95. The van der Waals surface area contributed by atoms with Crippen molar-refractivity contribution >= 4 is 21.4 Å². The first-order chi connectivity index (χ1) is 12.0. The molecule has 134 valence electrons. The molecule has 6 nitrogen and oxygen atoms in total. The Hall–Kier alpha value is -2.25. The molecule has 2 aromatic rings. The van der Waals surface area contributed by atoms with Crippen molar-refractivity contribution in [3.05, 3.63) is 48.5 Å².